The van der Waals surface area contributed by atoms with E-state index in [9.17, 15) is 18.0 Å². The number of nitrogens with zero attached hydrogens (tertiary/aromatic N) is 4. The molecule has 1 N–H and O–H groups in total. The summed E-state index contributed by atoms with van der Waals surface area (Å²) in [5.74, 6) is -0.539. The van der Waals surface area contributed by atoms with E-state index >= 15 is 0 Å². The molecule has 1 amide bonds. The maximum absolute atomic E-state index is 13.6. The Morgan fingerprint density at radius 3 is 2.73 bits per heavy atom. The molecule has 0 bridgehead atoms. The molecule has 0 aliphatic carbocycles. The number of morpholine rings is 1. The Labute approximate surface area is 173 Å². The first kappa shape index (κ1) is 20.6. The number of hydrogen-bond donors (Lipinski definition) is 1. The molecule has 4 heterocycles. The zero-order chi connectivity index (χ0) is 21.3. The topological polar surface area (TPSA) is 84.9 Å². The van der Waals surface area contributed by atoms with Crippen molar-refractivity contribution in [1.29, 1.82) is 0 Å². The fraction of sp³-hybridized carbons (Fsp3) is 0.389. The molecule has 3 aromatic rings. The van der Waals surface area contributed by atoms with Gasteiger partial charge in [-0.2, -0.15) is 18.3 Å². The van der Waals surface area contributed by atoms with Crippen LogP contribution in [0.3, 0.4) is 0 Å². The average Bonchev–Trinajstić information content (AvgIpc) is 3.36. The van der Waals surface area contributed by atoms with Crippen molar-refractivity contribution in [2.24, 2.45) is 0 Å². The zero-order valence-electron chi connectivity index (χ0n) is 15.6. The van der Waals surface area contributed by atoms with E-state index in [2.05, 4.69) is 20.3 Å². The van der Waals surface area contributed by atoms with Crippen molar-refractivity contribution in [3.8, 4) is 11.5 Å². The molecular weight excluding hydrogens is 427 g/mol. The van der Waals surface area contributed by atoms with Crippen LogP contribution in [0, 0.1) is 0 Å². The lowest BCUT2D eigenvalue weighted by Gasteiger charge is -2.26. The number of amides is 1. The van der Waals surface area contributed by atoms with E-state index in [0.29, 0.717) is 30.8 Å². The zero-order valence-corrected chi connectivity index (χ0v) is 16.3. The maximum atomic E-state index is 13.6. The van der Waals surface area contributed by atoms with Crippen molar-refractivity contribution < 1.29 is 27.1 Å². The van der Waals surface area contributed by atoms with Gasteiger partial charge in [-0.15, -0.1) is 0 Å². The number of hydrogen-bond acceptors (Lipinski definition) is 6. The quantitative estimate of drug-likeness (QED) is 0.652. The van der Waals surface area contributed by atoms with E-state index in [-0.39, 0.29) is 27.8 Å². The monoisotopic (exact) mass is 443 g/mol. The third-order valence-electron chi connectivity index (χ3n) is 4.63. The molecule has 0 spiro atoms. The summed E-state index contributed by atoms with van der Waals surface area (Å²) in [5, 5.41) is 6.17. The van der Waals surface area contributed by atoms with Crippen LogP contribution in [-0.4, -0.2) is 64.8 Å². The number of fused-ring (bicyclic) bond motifs is 1. The normalized spacial score (nSPS) is 15.6. The van der Waals surface area contributed by atoms with Crippen LogP contribution in [-0.2, 0) is 10.9 Å². The lowest BCUT2D eigenvalue weighted by Crippen LogP contribution is -2.41. The Balaban J connectivity index is 1.62. The van der Waals surface area contributed by atoms with Crippen LogP contribution in [0.1, 0.15) is 16.2 Å². The summed E-state index contributed by atoms with van der Waals surface area (Å²) >= 11 is 6.20. The van der Waals surface area contributed by atoms with Gasteiger partial charge in [-0.25, -0.2) is 9.50 Å². The number of halogens is 4. The molecular formula is C18H17ClF3N5O3. The van der Waals surface area contributed by atoms with Crippen LogP contribution < -0.4 is 5.32 Å². The van der Waals surface area contributed by atoms with Gasteiger partial charge in [0.25, 0.3) is 5.91 Å². The van der Waals surface area contributed by atoms with E-state index in [1.54, 1.807) is 0 Å². The second kappa shape index (κ2) is 8.25. The summed E-state index contributed by atoms with van der Waals surface area (Å²) in [6.45, 7) is 3.61. The lowest BCUT2D eigenvalue weighted by atomic mass is 10.2. The number of aromatic nitrogens is 3. The highest BCUT2D eigenvalue weighted by atomic mass is 35.5. The van der Waals surface area contributed by atoms with E-state index in [4.69, 9.17) is 20.8 Å². The summed E-state index contributed by atoms with van der Waals surface area (Å²) < 4.78 is 51.8. The molecule has 1 fully saturated rings. The predicted octanol–water partition coefficient (Wildman–Crippen LogP) is 2.72. The third-order valence-corrected chi connectivity index (χ3v) is 4.98. The van der Waals surface area contributed by atoms with Gasteiger partial charge in [0.2, 0.25) is 0 Å². The van der Waals surface area contributed by atoms with Gasteiger partial charge < -0.3 is 14.5 Å². The van der Waals surface area contributed by atoms with Crippen molar-refractivity contribution in [3.63, 3.8) is 0 Å². The molecule has 0 radical (unpaired) electrons. The second-order valence-corrected chi connectivity index (χ2v) is 6.99. The molecule has 0 unspecified atom stereocenters. The third kappa shape index (κ3) is 4.13. The van der Waals surface area contributed by atoms with Crippen molar-refractivity contribution >= 4 is 23.2 Å². The number of furan rings is 1. The first-order valence-corrected chi connectivity index (χ1v) is 9.51. The van der Waals surface area contributed by atoms with Crippen molar-refractivity contribution in [2.45, 2.75) is 6.18 Å². The molecule has 0 aromatic carbocycles. The molecule has 12 heteroatoms. The van der Waals surface area contributed by atoms with E-state index < -0.39 is 17.8 Å². The molecule has 1 saturated heterocycles. The Bertz CT molecular complexity index is 1050. The van der Waals surface area contributed by atoms with Gasteiger partial charge in [-0.1, -0.05) is 11.6 Å². The standard InChI is InChI=1S/C18H17ClF3N5O3/c19-14-15(17(28)23-3-4-26-5-8-29-9-6-26)25-27-13(18(20,21)22)10-11(24-16(14)27)12-2-1-7-30-12/h1-2,7,10H,3-6,8-9H2,(H,23,28). The van der Waals surface area contributed by atoms with E-state index in [1.165, 1.54) is 18.4 Å². The van der Waals surface area contributed by atoms with Gasteiger partial charge in [0.05, 0.1) is 19.5 Å². The van der Waals surface area contributed by atoms with Gasteiger partial charge >= 0.3 is 6.18 Å². The minimum Gasteiger partial charge on any atom is -0.463 e. The van der Waals surface area contributed by atoms with Crippen LogP contribution in [0.15, 0.2) is 28.9 Å². The molecule has 1 aliphatic heterocycles. The number of nitrogens with one attached hydrogen (secondary N) is 1. The Morgan fingerprint density at radius 1 is 1.30 bits per heavy atom. The van der Waals surface area contributed by atoms with Crippen LogP contribution in [0.25, 0.3) is 17.1 Å². The largest absolute Gasteiger partial charge is 0.463 e. The van der Waals surface area contributed by atoms with Crippen LogP contribution in [0.5, 0.6) is 0 Å². The molecule has 4 rings (SSSR count). The fourth-order valence-electron chi connectivity index (χ4n) is 3.13. The number of carbonyl (C=O) groups excluding carboxylic acids is 1. The highest BCUT2D eigenvalue weighted by molar-refractivity contribution is 6.36. The Morgan fingerprint density at radius 2 is 2.07 bits per heavy atom. The Hall–Kier alpha value is -2.63. The fourth-order valence-corrected chi connectivity index (χ4v) is 3.37. The molecule has 0 saturated carbocycles. The van der Waals surface area contributed by atoms with Crippen LogP contribution >= 0.6 is 11.6 Å². The van der Waals surface area contributed by atoms with Gasteiger partial charge in [0, 0.05) is 26.2 Å². The minimum absolute atomic E-state index is 0.0686. The van der Waals surface area contributed by atoms with Gasteiger partial charge in [-0.05, 0) is 18.2 Å². The minimum atomic E-state index is -4.75. The van der Waals surface area contributed by atoms with Crippen LogP contribution in [0.2, 0.25) is 5.02 Å². The smallest absolute Gasteiger partial charge is 0.433 e. The number of carbonyl (C=O) groups is 1. The maximum Gasteiger partial charge on any atom is 0.433 e. The lowest BCUT2D eigenvalue weighted by molar-refractivity contribution is -0.142. The van der Waals surface area contributed by atoms with Gasteiger partial charge in [0.1, 0.15) is 10.7 Å². The first-order valence-electron chi connectivity index (χ1n) is 9.13. The SMILES string of the molecule is O=C(NCCN1CCOCC1)c1nn2c(C(F)(F)F)cc(-c3ccco3)nc2c1Cl. The number of rotatable bonds is 5. The summed E-state index contributed by atoms with van der Waals surface area (Å²) in [7, 11) is 0. The second-order valence-electron chi connectivity index (χ2n) is 6.61. The van der Waals surface area contributed by atoms with Crippen LogP contribution in [0.4, 0.5) is 13.2 Å². The van der Waals surface area contributed by atoms with Crippen molar-refractivity contribution in [2.75, 3.05) is 39.4 Å². The number of alkyl halides is 3. The molecule has 1 aliphatic rings. The molecule has 8 nitrogen and oxygen atoms in total. The summed E-state index contributed by atoms with van der Waals surface area (Å²) in [6.07, 6.45) is -3.43. The molecule has 0 atom stereocenters. The summed E-state index contributed by atoms with van der Waals surface area (Å²) in [5.41, 5.74) is -1.79. The van der Waals surface area contributed by atoms with Gasteiger partial charge in [-0.3, -0.25) is 9.69 Å². The highest BCUT2D eigenvalue weighted by Gasteiger charge is 2.37. The van der Waals surface area contributed by atoms with E-state index in [0.717, 1.165) is 19.2 Å². The summed E-state index contributed by atoms with van der Waals surface area (Å²) in [4.78, 5) is 18.7. The first-order chi connectivity index (χ1) is 14.3. The van der Waals surface area contributed by atoms with E-state index in [1.807, 2.05) is 0 Å². The van der Waals surface area contributed by atoms with Crippen molar-refractivity contribution in [3.05, 3.63) is 40.9 Å². The predicted molar refractivity (Wildman–Crippen MR) is 100 cm³/mol. The van der Waals surface area contributed by atoms with Crippen molar-refractivity contribution in [1.82, 2.24) is 24.8 Å². The number of ether oxygens (including phenoxy) is 1. The Kier molecular flexibility index (Phi) is 5.67. The molecule has 30 heavy (non-hydrogen) atoms. The molecule has 160 valence electrons. The molecule has 3 aromatic heterocycles. The highest BCUT2D eigenvalue weighted by Crippen LogP contribution is 2.34. The summed E-state index contributed by atoms with van der Waals surface area (Å²) in [6, 6.07) is 3.80. The average molecular weight is 444 g/mol. The van der Waals surface area contributed by atoms with Gasteiger partial charge in [0.15, 0.2) is 22.8 Å².